The normalized spacial score (nSPS) is 12.9. The van der Waals surface area contributed by atoms with Gasteiger partial charge in [0.2, 0.25) is 5.91 Å². The van der Waals surface area contributed by atoms with Crippen LogP contribution in [-0.4, -0.2) is 35.6 Å². The van der Waals surface area contributed by atoms with Crippen molar-refractivity contribution in [3.05, 3.63) is 35.9 Å². The fourth-order valence-corrected chi connectivity index (χ4v) is 1.70. The Labute approximate surface area is 122 Å². The van der Waals surface area contributed by atoms with Gasteiger partial charge in [-0.3, -0.25) is 4.79 Å². The monoisotopic (exact) mass is 293 g/mol. The van der Waals surface area contributed by atoms with Gasteiger partial charge in [-0.1, -0.05) is 30.3 Å². The van der Waals surface area contributed by atoms with E-state index in [0.717, 1.165) is 0 Å². The smallest absolute Gasteiger partial charge is 0.330 e. The fraction of sp³-hybridized carbons (Fsp3) is 0.357. The third-order valence-corrected chi connectivity index (χ3v) is 2.75. The number of hydrogen-bond acceptors (Lipinski definition) is 3. The highest BCUT2D eigenvalue weighted by atomic mass is 16.4. The molecule has 0 saturated carbocycles. The summed E-state index contributed by atoms with van der Waals surface area (Å²) in [6, 6.07) is 5.68. The van der Waals surface area contributed by atoms with Crippen molar-refractivity contribution in [1.82, 2.24) is 16.0 Å². The number of aliphatic carboxylic acids is 1. The molecule has 0 heterocycles. The molecule has 4 N–H and O–H groups in total. The molecule has 7 nitrogen and oxygen atoms in total. The summed E-state index contributed by atoms with van der Waals surface area (Å²) >= 11 is 0. The number of carbonyl (C=O) groups excluding carboxylic acids is 2. The highest BCUT2D eigenvalue weighted by Gasteiger charge is 2.23. The molecule has 7 heteroatoms. The molecule has 3 amide bonds. The summed E-state index contributed by atoms with van der Waals surface area (Å²) in [4.78, 5) is 34.5. The first-order chi connectivity index (χ1) is 9.95. The Balaban J connectivity index is 2.66. The maximum atomic E-state index is 11.8. The van der Waals surface area contributed by atoms with Crippen LogP contribution in [0.2, 0.25) is 0 Å². The van der Waals surface area contributed by atoms with Crippen molar-refractivity contribution in [1.29, 1.82) is 0 Å². The second-order valence-electron chi connectivity index (χ2n) is 4.42. The summed E-state index contributed by atoms with van der Waals surface area (Å²) in [5.74, 6) is -1.51. The van der Waals surface area contributed by atoms with Gasteiger partial charge in [0.15, 0.2) is 6.04 Å². The zero-order valence-corrected chi connectivity index (χ0v) is 11.9. The molecule has 114 valence electrons. The van der Waals surface area contributed by atoms with Crippen LogP contribution in [0.15, 0.2) is 30.3 Å². The molecule has 2 atom stereocenters. The summed E-state index contributed by atoms with van der Waals surface area (Å²) in [6.07, 6.45) is 0. The number of carboxylic acids is 1. The van der Waals surface area contributed by atoms with Gasteiger partial charge < -0.3 is 21.1 Å². The first-order valence-corrected chi connectivity index (χ1v) is 6.58. The van der Waals surface area contributed by atoms with Crippen LogP contribution in [0.4, 0.5) is 4.79 Å². The molecule has 1 unspecified atom stereocenters. The Kier molecular flexibility index (Phi) is 6.19. The van der Waals surface area contributed by atoms with E-state index >= 15 is 0 Å². The quantitative estimate of drug-likeness (QED) is 0.617. The molecule has 0 aliphatic carbocycles. The fourth-order valence-electron chi connectivity index (χ4n) is 1.70. The van der Waals surface area contributed by atoms with E-state index in [1.165, 1.54) is 6.92 Å². The number of likely N-dealkylation sites (N-methyl/N-ethyl adjacent to an activating group) is 1. The largest absolute Gasteiger partial charge is 0.479 e. The molecule has 1 aromatic rings. The number of urea groups is 1. The predicted molar refractivity (Wildman–Crippen MR) is 76.6 cm³/mol. The molecule has 0 aliphatic rings. The van der Waals surface area contributed by atoms with Crippen molar-refractivity contribution < 1.29 is 19.5 Å². The highest BCUT2D eigenvalue weighted by molar-refractivity contribution is 5.88. The average molecular weight is 293 g/mol. The van der Waals surface area contributed by atoms with Crippen molar-refractivity contribution in [2.75, 3.05) is 6.54 Å². The van der Waals surface area contributed by atoms with Crippen LogP contribution >= 0.6 is 0 Å². The molecule has 0 radical (unpaired) electrons. The summed E-state index contributed by atoms with van der Waals surface area (Å²) in [5.41, 5.74) is 0.450. The maximum absolute atomic E-state index is 11.8. The van der Waals surface area contributed by atoms with Gasteiger partial charge in [-0.25, -0.2) is 9.59 Å². The van der Waals surface area contributed by atoms with E-state index < -0.39 is 24.1 Å². The minimum absolute atomic E-state index is 0.334. The van der Waals surface area contributed by atoms with Crippen molar-refractivity contribution >= 4 is 17.9 Å². The first kappa shape index (κ1) is 16.5. The Bertz CT molecular complexity index is 504. The minimum atomic E-state index is -1.18. The van der Waals surface area contributed by atoms with Crippen molar-refractivity contribution in [3.63, 3.8) is 0 Å². The van der Waals surface area contributed by atoms with Crippen molar-refractivity contribution in [2.24, 2.45) is 0 Å². The van der Waals surface area contributed by atoms with Gasteiger partial charge in [0.05, 0.1) is 0 Å². The van der Waals surface area contributed by atoms with Gasteiger partial charge in [0.1, 0.15) is 6.04 Å². The van der Waals surface area contributed by atoms with E-state index in [0.29, 0.717) is 12.1 Å². The van der Waals surface area contributed by atoms with Gasteiger partial charge in [-0.05, 0) is 19.4 Å². The zero-order chi connectivity index (χ0) is 15.8. The van der Waals surface area contributed by atoms with E-state index in [9.17, 15) is 19.5 Å². The van der Waals surface area contributed by atoms with Gasteiger partial charge in [-0.15, -0.1) is 0 Å². The lowest BCUT2D eigenvalue weighted by molar-refractivity contribution is -0.139. The molecule has 0 spiro atoms. The molecule has 21 heavy (non-hydrogen) atoms. The number of carboxylic acid groups (broad SMARTS) is 1. The van der Waals surface area contributed by atoms with Crippen LogP contribution < -0.4 is 16.0 Å². The van der Waals surface area contributed by atoms with E-state index in [1.54, 1.807) is 37.3 Å². The van der Waals surface area contributed by atoms with Gasteiger partial charge >= 0.3 is 12.0 Å². The van der Waals surface area contributed by atoms with E-state index in [-0.39, 0.29) is 5.91 Å². The summed E-state index contributed by atoms with van der Waals surface area (Å²) in [7, 11) is 0. The molecular formula is C14H19N3O4. The van der Waals surface area contributed by atoms with Crippen molar-refractivity contribution in [3.8, 4) is 0 Å². The standard InChI is InChI=1S/C14H19N3O4/c1-3-15-12(18)9(2)16-14(21)17-11(13(19)20)10-7-5-4-6-8-10/h4-9,11H,3H2,1-2H3,(H,15,18)(H,19,20)(H2,16,17,21)/t9?,11-/m1/s1. The molecule has 0 saturated heterocycles. The van der Waals surface area contributed by atoms with E-state index in [4.69, 9.17) is 0 Å². The lowest BCUT2D eigenvalue weighted by Crippen LogP contribution is -2.50. The SMILES string of the molecule is CCNC(=O)C(C)NC(=O)N[C@@H](C(=O)O)c1ccccc1. The molecule has 1 aromatic carbocycles. The number of nitrogens with one attached hydrogen (secondary N) is 3. The Morgan fingerprint density at radius 2 is 1.76 bits per heavy atom. The average Bonchev–Trinajstić information content (AvgIpc) is 2.45. The van der Waals surface area contributed by atoms with Crippen LogP contribution in [0.3, 0.4) is 0 Å². The first-order valence-electron chi connectivity index (χ1n) is 6.58. The molecule has 0 aromatic heterocycles. The van der Waals surface area contributed by atoms with Crippen LogP contribution in [-0.2, 0) is 9.59 Å². The second kappa shape index (κ2) is 7.88. The van der Waals surface area contributed by atoms with Crippen LogP contribution in [0.1, 0.15) is 25.5 Å². The van der Waals surface area contributed by atoms with Gasteiger partial charge in [-0.2, -0.15) is 0 Å². The topological polar surface area (TPSA) is 108 Å². The van der Waals surface area contributed by atoms with Crippen LogP contribution in [0, 0.1) is 0 Å². The highest BCUT2D eigenvalue weighted by Crippen LogP contribution is 2.12. The minimum Gasteiger partial charge on any atom is -0.479 e. The lowest BCUT2D eigenvalue weighted by atomic mass is 10.1. The van der Waals surface area contributed by atoms with Crippen molar-refractivity contribution in [2.45, 2.75) is 25.9 Å². The predicted octanol–water partition coefficient (Wildman–Crippen LogP) is 0.636. The molecule has 0 fully saturated rings. The number of carbonyl (C=O) groups is 3. The summed E-state index contributed by atoms with van der Waals surface area (Å²) < 4.78 is 0. The zero-order valence-electron chi connectivity index (χ0n) is 11.9. The summed E-state index contributed by atoms with van der Waals surface area (Å²) in [6.45, 7) is 3.73. The third kappa shape index (κ3) is 5.13. The Hall–Kier alpha value is -2.57. The number of benzene rings is 1. The second-order valence-corrected chi connectivity index (χ2v) is 4.42. The van der Waals surface area contributed by atoms with Gasteiger partial charge in [0.25, 0.3) is 0 Å². The van der Waals surface area contributed by atoms with Gasteiger partial charge in [0, 0.05) is 6.54 Å². The lowest BCUT2D eigenvalue weighted by Gasteiger charge is -2.18. The molecule has 1 rings (SSSR count). The Morgan fingerprint density at radius 3 is 2.29 bits per heavy atom. The van der Waals surface area contributed by atoms with E-state index in [2.05, 4.69) is 16.0 Å². The molecule has 0 aliphatic heterocycles. The Morgan fingerprint density at radius 1 is 1.14 bits per heavy atom. The molecule has 0 bridgehead atoms. The summed E-state index contributed by atoms with van der Waals surface area (Å²) in [5, 5.41) is 16.5. The van der Waals surface area contributed by atoms with Crippen LogP contribution in [0.25, 0.3) is 0 Å². The molecular weight excluding hydrogens is 274 g/mol. The number of hydrogen-bond donors (Lipinski definition) is 4. The van der Waals surface area contributed by atoms with Crippen LogP contribution in [0.5, 0.6) is 0 Å². The number of amides is 3. The number of rotatable bonds is 6. The maximum Gasteiger partial charge on any atom is 0.330 e. The van der Waals surface area contributed by atoms with E-state index in [1.807, 2.05) is 0 Å². The third-order valence-electron chi connectivity index (χ3n) is 2.75.